The van der Waals surface area contributed by atoms with Crippen LogP contribution in [0.25, 0.3) is 0 Å². The van der Waals surface area contributed by atoms with E-state index in [0.29, 0.717) is 36.6 Å². The molecule has 0 atom stereocenters. The number of carboxylic acid groups (broad SMARTS) is 1. The van der Waals surface area contributed by atoms with E-state index in [1.54, 1.807) is 18.2 Å². The molecule has 0 spiro atoms. The van der Waals surface area contributed by atoms with Crippen LogP contribution >= 0.6 is 0 Å². The zero-order valence-electron chi connectivity index (χ0n) is 8.86. The van der Waals surface area contributed by atoms with E-state index in [9.17, 15) is 4.79 Å². The van der Waals surface area contributed by atoms with Crippen molar-refractivity contribution in [3.63, 3.8) is 0 Å². The Bertz CT molecular complexity index is 348. The van der Waals surface area contributed by atoms with Crippen molar-refractivity contribution in [2.45, 2.75) is 6.42 Å². The van der Waals surface area contributed by atoms with E-state index in [1.807, 2.05) is 0 Å². The Morgan fingerprint density at radius 3 is 2.44 bits per heavy atom. The predicted molar refractivity (Wildman–Crippen MR) is 64.4 cm³/mol. The normalized spacial score (nSPS) is 9.75. The minimum atomic E-state index is -1.02. The number of anilines is 3. The Kier molecular flexibility index (Phi) is 4.26. The Labute approximate surface area is 93.6 Å². The van der Waals surface area contributed by atoms with Gasteiger partial charge in [-0.05, 0) is 18.6 Å². The molecule has 7 N–H and O–H groups in total. The molecule has 1 rings (SSSR count). The van der Waals surface area contributed by atoms with Gasteiger partial charge >= 0.3 is 6.09 Å². The van der Waals surface area contributed by atoms with E-state index >= 15 is 0 Å². The van der Waals surface area contributed by atoms with Crippen LogP contribution in [-0.4, -0.2) is 24.3 Å². The lowest BCUT2D eigenvalue weighted by Crippen LogP contribution is -2.23. The second-order valence-electron chi connectivity index (χ2n) is 3.32. The molecule has 0 saturated carbocycles. The van der Waals surface area contributed by atoms with Gasteiger partial charge in [-0.15, -0.1) is 0 Å². The van der Waals surface area contributed by atoms with Crippen molar-refractivity contribution in [1.29, 1.82) is 0 Å². The smallest absolute Gasteiger partial charge is 0.404 e. The molecule has 0 unspecified atom stereocenters. The van der Waals surface area contributed by atoms with Crippen molar-refractivity contribution in [3.05, 3.63) is 18.2 Å². The van der Waals surface area contributed by atoms with Gasteiger partial charge in [-0.3, -0.25) is 0 Å². The van der Waals surface area contributed by atoms with Crippen molar-refractivity contribution in [2.75, 3.05) is 29.9 Å². The maximum Gasteiger partial charge on any atom is 0.404 e. The number of para-hydroxylation sites is 1. The fourth-order valence-electron chi connectivity index (χ4n) is 1.29. The average Bonchev–Trinajstić information content (AvgIpc) is 2.21. The Balaban J connectivity index is 2.34. The Morgan fingerprint density at radius 1 is 1.25 bits per heavy atom. The van der Waals surface area contributed by atoms with Gasteiger partial charge in [0.25, 0.3) is 0 Å². The summed E-state index contributed by atoms with van der Waals surface area (Å²) in [6, 6.07) is 5.30. The van der Waals surface area contributed by atoms with Gasteiger partial charge in [-0.25, -0.2) is 4.79 Å². The highest BCUT2D eigenvalue weighted by Crippen LogP contribution is 2.24. The lowest BCUT2D eigenvalue weighted by Gasteiger charge is -2.11. The topological polar surface area (TPSA) is 113 Å². The third kappa shape index (κ3) is 3.56. The van der Waals surface area contributed by atoms with E-state index in [0.717, 1.165) is 0 Å². The number of amides is 1. The highest BCUT2D eigenvalue weighted by atomic mass is 16.4. The van der Waals surface area contributed by atoms with Crippen LogP contribution in [-0.2, 0) is 0 Å². The standard InChI is InChI=1S/C10H16N4O2/c11-7-3-1-4-8(12)9(7)13-5-2-6-14-10(15)16/h1,3-4,13-14H,2,5-6,11-12H2,(H,15,16). The molecule has 0 bridgehead atoms. The number of nitrogens with two attached hydrogens (primary N) is 2. The molecule has 0 saturated heterocycles. The second-order valence-corrected chi connectivity index (χ2v) is 3.32. The molecule has 1 aromatic rings. The maximum absolute atomic E-state index is 10.2. The number of nitrogens with one attached hydrogen (secondary N) is 2. The molecule has 16 heavy (non-hydrogen) atoms. The molecule has 0 aliphatic rings. The summed E-state index contributed by atoms with van der Waals surface area (Å²) >= 11 is 0. The molecule has 0 aliphatic heterocycles. The molecule has 0 aromatic heterocycles. The summed E-state index contributed by atoms with van der Waals surface area (Å²) in [6.07, 6.45) is -0.348. The number of hydrogen-bond acceptors (Lipinski definition) is 4. The van der Waals surface area contributed by atoms with Crippen molar-refractivity contribution in [3.8, 4) is 0 Å². The molecular weight excluding hydrogens is 208 g/mol. The zero-order chi connectivity index (χ0) is 12.0. The molecule has 88 valence electrons. The third-order valence-electron chi connectivity index (χ3n) is 2.06. The van der Waals surface area contributed by atoms with Crippen molar-refractivity contribution >= 4 is 23.2 Å². The summed E-state index contributed by atoms with van der Waals surface area (Å²) in [6.45, 7) is 1.01. The van der Waals surface area contributed by atoms with Gasteiger partial charge in [-0.2, -0.15) is 0 Å². The largest absolute Gasteiger partial charge is 0.465 e. The summed E-state index contributed by atoms with van der Waals surface area (Å²) in [5.74, 6) is 0. The summed E-state index contributed by atoms with van der Waals surface area (Å²) < 4.78 is 0. The molecule has 6 nitrogen and oxygen atoms in total. The molecule has 6 heteroatoms. The van der Waals surface area contributed by atoms with Crippen LogP contribution in [0.15, 0.2) is 18.2 Å². The monoisotopic (exact) mass is 224 g/mol. The van der Waals surface area contributed by atoms with Crippen LogP contribution in [0.1, 0.15) is 6.42 Å². The van der Waals surface area contributed by atoms with Crippen LogP contribution in [0.3, 0.4) is 0 Å². The van der Waals surface area contributed by atoms with Crippen LogP contribution in [0.4, 0.5) is 21.9 Å². The van der Waals surface area contributed by atoms with Gasteiger partial charge in [0.15, 0.2) is 0 Å². The van der Waals surface area contributed by atoms with Gasteiger partial charge in [0.1, 0.15) is 0 Å². The zero-order valence-corrected chi connectivity index (χ0v) is 8.86. The van der Waals surface area contributed by atoms with Gasteiger partial charge in [-0.1, -0.05) is 6.07 Å². The number of rotatable bonds is 5. The third-order valence-corrected chi connectivity index (χ3v) is 2.06. The highest BCUT2D eigenvalue weighted by Gasteiger charge is 2.01. The van der Waals surface area contributed by atoms with Crippen molar-refractivity contribution in [1.82, 2.24) is 5.32 Å². The van der Waals surface area contributed by atoms with Crippen LogP contribution in [0.5, 0.6) is 0 Å². The number of carbonyl (C=O) groups is 1. The SMILES string of the molecule is Nc1cccc(N)c1NCCCNC(=O)O. The van der Waals surface area contributed by atoms with E-state index in [4.69, 9.17) is 16.6 Å². The fourth-order valence-corrected chi connectivity index (χ4v) is 1.29. The maximum atomic E-state index is 10.2. The Hall–Kier alpha value is -2.11. The number of nitrogen functional groups attached to an aromatic ring is 2. The van der Waals surface area contributed by atoms with Crippen molar-refractivity contribution < 1.29 is 9.90 Å². The van der Waals surface area contributed by atoms with Gasteiger partial charge in [0, 0.05) is 13.1 Å². The van der Waals surface area contributed by atoms with Crippen LogP contribution < -0.4 is 22.1 Å². The van der Waals surface area contributed by atoms with E-state index in [1.165, 1.54) is 0 Å². The molecule has 0 heterocycles. The quantitative estimate of drug-likeness (QED) is 0.377. The van der Waals surface area contributed by atoms with E-state index in [-0.39, 0.29) is 0 Å². The predicted octanol–water partition coefficient (Wildman–Crippen LogP) is 0.921. The lowest BCUT2D eigenvalue weighted by molar-refractivity contribution is 0.194. The highest BCUT2D eigenvalue weighted by molar-refractivity contribution is 5.79. The lowest BCUT2D eigenvalue weighted by atomic mass is 10.2. The van der Waals surface area contributed by atoms with Crippen molar-refractivity contribution in [2.24, 2.45) is 0 Å². The van der Waals surface area contributed by atoms with Crippen LogP contribution in [0.2, 0.25) is 0 Å². The first kappa shape index (κ1) is 12.0. The van der Waals surface area contributed by atoms with E-state index < -0.39 is 6.09 Å². The molecular formula is C10H16N4O2. The second kappa shape index (κ2) is 5.69. The summed E-state index contributed by atoms with van der Waals surface area (Å²) in [7, 11) is 0. The first-order valence-electron chi connectivity index (χ1n) is 4.96. The molecule has 0 radical (unpaired) electrons. The molecule has 1 aromatic carbocycles. The van der Waals surface area contributed by atoms with Gasteiger partial charge in [0.2, 0.25) is 0 Å². The minimum absolute atomic E-state index is 0.398. The molecule has 0 aliphatic carbocycles. The van der Waals surface area contributed by atoms with E-state index in [2.05, 4.69) is 10.6 Å². The first-order chi connectivity index (χ1) is 7.61. The van der Waals surface area contributed by atoms with Gasteiger partial charge in [0.05, 0.1) is 17.1 Å². The molecule has 0 fully saturated rings. The Morgan fingerprint density at radius 2 is 1.88 bits per heavy atom. The van der Waals surface area contributed by atoms with Crippen LogP contribution in [0, 0.1) is 0 Å². The average molecular weight is 224 g/mol. The summed E-state index contributed by atoms with van der Waals surface area (Å²) in [5.41, 5.74) is 13.3. The summed E-state index contributed by atoms with van der Waals surface area (Å²) in [5, 5.41) is 13.7. The fraction of sp³-hybridized carbons (Fsp3) is 0.300. The number of hydrogen-bond donors (Lipinski definition) is 5. The van der Waals surface area contributed by atoms with Gasteiger partial charge < -0.3 is 27.2 Å². The minimum Gasteiger partial charge on any atom is -0.465 e. The molecule has 1 amide bonds. The number of benzene rings is 1. The first-order valence-corrected chi connectivity index (χ1v) is 4.96. The summed E-state index contributed by atoms with van der Waals surface area (Å²) in [4.78, 5) is 10.2.